The zero-order chi connectivity index (χ0) is 14.7. The molecule has 2 N–H and O–H groups in total. The Kier molecular flexibility index (Phi) is 5.11. The average molecular weight is 350 g/mol. The minimum atomic E-state index is -3.65. The van der Waals surface area contributed by atoms with Crippen molar-refractivity contribution in [2.24, 2.45) is 0 Å². The molecule has 19 heavy (non-hydrogen) atoms. The number of sulfonamides is 1. The van der Waals surface area contributed by atoms with E-state index in [4.69, 9.17) is 5.11 Å². The fourth-order valence-corrected chi connectivity index (χ4v) is 3.21. The molecule has 1 aromatic carbocycles. The molecular formula is C12H16BrNO4S. The van der Waals surface area contributed by atoms with E-state index in [9.17, 15) is 13.2 Å². The van der Waals surface area contributed by atoms with E-state index in [1.54, 1.807) is 26.0 Å². The van der Waals surface area contributed by atoms with Crippen LogP contribution < -0.4 is 4.72 Å². The summed E-state index contributed by atoms with van der Waals surface area (Å²) in [6.45, 7) is 3.32. The molecule has 0 unspecified atom stereocenters. The van der Waals surface area contributed by atoms with E-state index >= 15 is 0 Å². The highest BCUT2D eigenvalue weighted by Gasteiger charge is 2.26. The van der Waals surface area contributed by atoms with Gasteiger partial charge in [-0.05, 0) is 44.5 Å². The summed E-state index contributed by atoms with van der Waals surface area (Å²) in [5.41, 5.74) is -0.815. The molecule has 5 nitrogen and oxygen atoms in total. The second-order valence-electron chi connectivity index (χ2n) is 4.84. The summed E-state index contributed by atoms with van der Waals surface area (Å²) in [4.78, 5) is 10.7. The summed E-state index contributed by atoms with van der Waals surface area (Å²) in [5.74, 6) is -0.948. The molecule has 0 bridgehead atoms. The summed E-state index contributed by atoms with van der Waals surface area (Å²) in [7, 11) is -3.65. The first-order valence-corrected chi connectivity index (χ1v) is 7.91. The number of carboxylic acid groups (broad SMARTS) is 1. The monoisotopic (exact) mass is 349 g/mol. The Labute approximate surface area is 121 Å². The van der Waals surface area contributed by atoms with Gasteiger partial charge >= 0.3 is 5.97 Å². The Hall–Kier alpha value is -0.920. The second kappa shape index (κ2) is 6.02. The summed E-state index contributed by atoms with van der Waals surface area (Å²) in [6.07, 6.45) is 0.133. The van der Waals surface area contributed by atoms with Gasteiger partial charge in [0.1, 0.15) is 0 Å². The molecular weight excluding hydrogens is 334 g/mol. The molecule has 7 heteroatoms. The normalized spacial score (nSPS) is 12.4. The standard InChI is InChI=1S/C12H16BrNO4S/c1-12(2,8-7-11(15)16)14-19(17,18)10-5-3-9(13)4-6-10/h3-6,14H,7-8H2,1-2H3,(H,15,16). The van der Waals surface area contributed by atoms with E-state index < -0.39 is 21.5 Å². The van der Waals surface area contributed by atoms with Gasteiger partial charge in [0.05, 0.1) is 4.90 Å². The molecule has 0 spiro atoms. The average Bonchev–Trinajstić information content (AvgIpc) is 2.26. The molecule has 0 fully saturated rings. The molecule has 0 aliphatic carbocycles. The Morgan fingerprint density at radius 1 is 1.32 bits per heavy atom. The number of hydrogen-bond donors (Lipinski definition) is 2. The van der Waals surface area contributed by atoms with Crippen molar-refractivity contribution in [2.45, 2.75) is 37.1 Å². The molecule has 1 rings (SSSR count). The van der Waals surface area contributed by atoms with E-state index in [0.717, 1.165) is 4.47 Å². The van der Waals surface area contributed by atoms with Crippen LogP contribution in [0.15, 0.2) is 33.6 Å². The van der Waals surface area contributed by atoms with Gasteiger partial charge in [0.25, 0.3) is 0 Å². The summed E-state index contributed by atoms with van der Waals surface area (Å²) < 4.78 is 27.6. The number of carboxylic acids is 1. The maximum absolute atomic E-state index is 12.1. The van der Waals surface area contributed by atoms with E-state index in [2.05, 4.69) is 20.7 Å². The SMILES string of the molecule is CC(C)(CCC(=O)O)NS(=O)(=O)c1ccc(Br)cc1. The number of aliphatic carboxylic acids is 1. The molecule has 0 aliphatic rings. The Balaban J connectivity index is 2.84. The minimum absolute atomic E-state index is 0.0874. The molecule has 1 aromatic rings. The molecule has 0 saturated heterocycles. The molecule has 0 heterocycles. The van der Waals surface area contributed by atoms with E-state index in [0.29, 0.717) is 0 Å². The van der Waals surface area contributed by atoms with Crippen molar-refractivity contribution in [1.29, 1.82) is 0 Å². The first kappa shape index (κ1) is 16.1. The Morgan fingerprint density at radius 2 is 1.84 bits per heavy atom. The van der Waals surface area contributed by atoms with Crippen molar-refractivity contribution in [3.63, 3.8) is 0 Å². The van der Waals surface area contributed by atoms with Crippen LogP contribution in [0.3, 0.4) is 0 Å². The van der Waals surface area contributed by atoms with Gasteiger partial charge in [-0.15, -0.1) is 0 Å². The van der Waals surface area contributed by atoms with Crippen molar-refractivity contribution >= 4 is 31.9 Å². The fourth-order valence-electron chi connectivity index (χ4n) is 1.51. The van der Waals surface area contributed by atoms with Crippen molar-refractivity contribution in [2.75, 3.05) is 0 Å². The number of rotatable bonds is 6. The van der Waals surface area contributed by atoms with Gasteiger partial charge < -0.3 is 5.11 Å². The molecule has 0 amide bonds. The molecule has 0 atom stereocenters. The topological polar surface area (TPSA) is 83.5 Å². The quantitative estimate of drug-likeness (QED) is 0.825. The van der Waals surface area contributed by atoms with Crippen molar-refractivity contribution in [1.82, 2.24) is 4.72 Å². The van der Waals surface area contributed by atoms with Crippen LogP contribution in [0.5, 0.6) is 0 Å². The highest BCUT2D eigenvalue weighted by atomic mass is 79.9. The highest BCUT2D eigenvalue weighted by Crippen LogP contribution is 2.19. The summed E-state index contributed by atoms with van der Waals surface area (Å²) >= 11 is 3.23. The number of nitrogens with one attached hydrogen (secondary N) is 1. The number of carbonyl (C=O) groups is 1. The van der Waals surface area contributed by atoms with Gasteiger partial charge in [-0.1, -0.05) is 15.9 Å². The molecule has 0 saturated carbocycles. The van der Waals surface area contributed by atoms with Crippen molar-refractivity contribution < 1.29 is 18.3 Å². The smallest absolute Gasteiger partial charge is 0.303 e. The van der Waals surface area contributed by atoms with Crippen LogP contribution in [0.4, 0.5) is 0 Å². The lowest BCUT2D eigenvalue weighted by atomic mass is 10.0. The largest absolute Gasteiger partial charge is 0.481 e. The predicted octanol–water partition coefficient (Wildman–Crippen LogP) is 2.37. The first-order valence-electron chi connectivity index (χ1n) is 5.64. The lowest BCUT2D eigenvalue weighted by molar-refractivity contribution is -0.137. The van der Waals surface area contributed by atoms with Crippen LogP contribution in [0.1, 0.15) is 26.7 Å². The first-order chi connectivity index (χ1) is 8.62. The maximum Gasteiger partial charge on any atom is 0.303 e. The van der Waals surface area contributed by atoms with Gasteiger partial charge in [0, 0.05) is 16.4 Å². The van der Waals surface area contributed by atoms with Gasteiger partial charge in [-0.2, -0.15) is 0 Å². The van der Waals surface area contributed by atoms with Gasteiger partial charge in [-0.25, -0.2) is 13.1 Å². The third-order valence-corrected chi connectivity index (χ3v) is 4.74. The van der Waals surface area contributed by atoms with E-state index in [1.165, 1.54) is 12.1 Å². The molecule has 0 radical (unpaired) electrons. The van der Waals surface area contributed by atoms with Crippen LogP contribution in [0, 0.1) is 0 Å². The highest BCUT2D eigenvalue weighted by molar-refractivity contribution is 9.10. The Bertz CT molecular complexity index is 552. The van der Waals surface area contributed by atoms with Crippen LogP contribution in [0.2, 0.25) is 0 Å². The Morgan fingerprint density at radius 3 is 2.32 bits per heavy atom. The van der Waals surface area contributed by atoms with Crippen LogP contribution in [0.25, 0.3) is 0 Å². The van der Waals surface area contributed by atoms with E-state index in [1.807, 2.05) is 0 Å². The predicted molar refractivity (Wildman–Crippen MR) is 75.4 cm³/mol. The fraction of sp³-hybridized carbons (Fsp3) is 0.417. The lowest BCUT2D eigenvalue weighted by Crippen LogP contribution is -2.43. The van der Waals surface area contributed by atoms with Crippen molar-refractivity contribution in [3.05, 3.63) is 28.7 Å². The number of hydrogen-bond acceptors (Lipinski definition) is 3. The minimum Gasteiger partial charge on any atom is -0.481 e. The summed E-state index contributed by atoms with van der Waals surface area (Å²) in [5, 5.41) is 8.64. The third-order valence-electron chi connectivity index (χ3n) is 2.50. The van der Waals surface area contributed by atoms with Gasteiger partial charge in [0.2, 0.25) is 10.0 Å². The second-order valence-corrected chi connectivity index (χ2v) is 7.44. The number of benzene rings is 1. The van der Waals surface area contributed by atoms with E-state index in [-0.39, 0.29) is 17.7 Å². The van der Waals surface area contributed by atoms with Crippen LogP contribution in [-0.4, -0.2) is 25.0 Å². The molecule has 0 aliphatic heterocycles. The van der Waals surface area contributed by atoms with Gasteiger partial charge in [-0.3, -0.25) is 4.79 Å². The zero-order valence-corrected chi connectivity index (χ0v) is 13.1. The molecule has 106 valence electrons. The van der Waals surface area contributed by atoms with Crippen LogP contribution in [-0.2, 0) is 14.8 Å². The van der Waals surface area contributed by atoms with Crippen LogP contribution >= 0.6 is 15.9 Å². The van der Waals surface area contributed by atoms with Crippen molar-refractivity contribution in [3.8, 4) is 0 Å². The maximum atomic E-state index is 12.1. The molecule has 0 aromatic heterocycles. The summed E-state index contributed by atoms with van der Waals surface area (Å²) in [6, 6.07) is 6.25. The van der Waals surface area contributed by atoms with Gasteiger partial charge in [0.15, 0.2) is 0 Å². The third kappa shape index (κ3) is 5.30. The lowest BCUT2D eigenvalue weighted by Gasteiger charge is -2.25. The zero-order valence-electron chi connectivity index (χ0n) is 10.7. The number of halogens is 1.